The first kappa shape index (κ1) is 66.8. The van der Waals surface area contributed by atoms with E-state index in [0.717, 1.165) is 57.8 Å². The molecule has 0 unspecified atom stereocenters. The van der Waals surface area contributed by atoms with Crippen LogP contribution in [0.2, 0.25) is 5.02 Å². The lowest BCUT2D eigenvalue weighted by Crippen LogP contribution is -2.55. The van der Waals surface area contributed by atoms with E-state index in [4.69, 9.17) is 39.5 Å². The Kier molecular flexibility index (Phi) is 15.2. The predicted molar refractivity (Wildman–Crippen MR) is 414 cm³/mol. The van der Waals surface area contributed by atoms with Gasteiger partial charge in [0.15, 0.2) is 0 Å². The Balaban J connectivity index is 0.000000120. The average Bonchev–Trinajstić information content (AvgIpc) is 1.46. The molecule has 0 N–H and O–H groups in total. The molecule has 0 amide bonds. The van der Waals surface area contributed by atoms with Gasteiger partial charge in [-0.1, -0.05) is 142 Å². The molecule has 23 rings (SSSR count). The summed E-state index contributed by atoms with van der Waals surface area (Å²) in [4.78, 5) is 0. The van der Waals surface area contributed by atoms with Gasteiger partial charge in [0.05, 0.1) is 55.7 Å². The summed E-state index contributed by atoms with van der Waals surface area (Å²) in [5.74, 6) is 6.85. The van der Waals surface area contributed by atoms with E-state index in [1.54, 1.807) is 22.3 Å². The van der Waals surface area contributed by atoms with Gasteiger partial charge in [-0.2, -0.15) is 0 Å². The number of aromatic nitrogens is 2. The smallest absolute Gasteiger partial charge is 0.405 e. The lowest BCUT2D eigenvalue weighted by Gasteiger charge is -2.61. The van der Waals surface area contributed by atoms with Gasteiger partial charge in [-0.15, -0.1) is 0 Å². The quantitative estimate of drug-likeness (QED) is 0.164. The summed E-state index contributed by atoms with van der Waals surface area (Å²) in [5.41, 5.74) is 19.0. The number of hydrogen-bond donors (Lipinski definition) is 0. The number of para-hydroxylation sites is 2. The summed E-state index contributed by atoms with van der Waals surface area (Å²) in [5, 5.41) is 5.91. The first-order valence-electron chi connectivity index (χ1n) is 37.1. The van der Waals surface area contributed by atoms with E-state index >= 15 is 0 Å². The monoisotopic (exact) mass is 1350 g/mol. The van der Waals surface area contributed by atoms with Crippen molar-refractivity contribution in [3.63, 3.8) is 0 Å². The second-order valence-electron chi connectivity index (χ2n) is 34.9. The fourth-order valence-corrected chi connectivity index (χ4v) is 22.3. The van der Waals surface area contributed by atoms with Crippen LogP contribution >= 0.6 is 11.6 Å². The topological polar surface area (TPSA) is 65.2 Å². The zero-order valence-corrected chi connectivity index (χ0v) is 60.1. The molecular weight excluding hydrogens is 1250 g/mol. The highest BCUT2D eigenvalue weighted by Crippen LogP contribution is 2.71. The molecule has 12 heteroatoms. The highest BCUT2D eigenvalue weighted by Gasteiger charge is 2.66. The van der Waals surface area contributed by atoms with Crippen LogP contribution in [0.15, 0.2) is 170 Å². The zero-order valence-electron chi connectivity index (χ0n) is 59.3. The largest absolute Gasteiger partial charge is 0.494 e. The van der Waals surface area contributed by atoms with Crippen molar-refractivity contribution in [2.24, 2.45) is 47.3 Å². The van der Waals surface area contributed by atoms with Crippen molar-refractivity contribution in [1.29, 1.82) is 0 Å². The van der Waals surface area contributed by atoms with E-state index in [9.17, 15) is 0 Å². The van der Waals surface area contributed by atoms with Crippen molar-refractivity contribution in [2.75, 3.05) is 0 Å². The van der Waals surface area contributed by atoms with Gasteiger partial charge in [0.1, 0.15) is 0 Å². The lowest BCUT2D eigenvalue weighted by molar-refractivity contribution is -0.0399. The highest BCUT2D eigenvalue weighted by atomic mass is 35.5. The summed E-state index contributed by atoms with van der Waals surface area (Å²) in [6.45, 7) is 24.7. The van der Waals surface area contributed by atoms with Crippen molar-refractivity contribution in [1.82, 2.24) is 9.13 Å². The number of nitrogens with zero attached hydrogens (tertiary/aromatic N) is 2. The van der Waals surface area contributed by atoms with Gasteiger partial charge in [0.25, 0.3) is 0 Å². The van der Waals surface area contributed by atoms with E-state index in [2.05, 4.69) is 201 Å². The molecular formula is C88H100B3ClN2O6. The number of hydrogen-bond acceptors (Lipinski definition) is 6. The van der Waals surface area contributed by atoms with Crippen molar-refractivity contribution < 1.29 is 27.9 Å². The standard InChI is InChI=1S/C40H40BNO2.C34H28ClN.C12H24B2O4.2CH4/c1-38(2)39(3,4)44-41(43-38)28-13-15-33-32-10-6-8-12-36(32)42(37(33)22-28)29-14-16-31-30-9-5-7-11-34(30)40(35(31)23-29)26-18-24-17-25(20-26)21-27(40)19-24;35-24-9-11-29-28-6-2-4-8-32(28)36(33(29)18-24)25-10-12-27-26-5-1-3-7-30(26)34(31(27)19-25)22-14-20-13-21(16-22)17-23(34)15-20;1-9(2)10(3,4)16-13(15-9)14-17-11(5,6)12(7,8)18-14;;/h5-16,22-27H,17-21H2,1-4H3;1-12,18-23H,13-17H2;1-8H3;2*1H4. The summed E-state index contributed by atoms with van der Waals surface area (Å²) >= 11 is 6.55. The minimum Gasteiger partial charge on any atom is -0.405 e. The lowest BCUT2D eigenvalue weighted by atomic mass is 9.43. The van der Waals surface area contributed by atoms with Gasteiger partial charge in [-0.3, -0.25) is 0 Å². The molecule has 8 bridgehead atoms. The van der Waals surface area contributed by atoms with Gasteiger partial charge in [-0.05, 0) is 299 Å². The maximum atomic E-state index is 6.55. The van der Waals surface area contributed by atoms with Crippen LogP contribution in [0, 0.1) is 47.3 Å². The molecule has 10 aromatic rings. The molecule has 2 aromatic heterocycles. The van der Waals surface area contributed by atoms with Crippen LogP contribution in [-0.2, 0) is 38.8 Å². The Morgan fingerprint density at radius 3 is 1.06 bits per heavy atom. The normalized spacial score (nSPS) is 29.8. The number of benzene rings is 8. The Hall–Kier alpha value is -6.40. The molecule has 0 radical (unpaired) electrons. The maximum Gasteiger partial charge on any atom is 0.494 e. The molecule has 13 aliphatic rings. The molecule has 8 nitrogen and oxygen atoms in total. The van der Waals surface area contributed by atoms with E-state index in [-0.39, 0.29) is 66.4 Å². The van der Waals surface area contributed by atoms with Gasteiger partial charge < -0.3 is 37.1 Å². The van der Waals surface area contributed by atoms with E-state index in [1.807, 2.05) is 61.5 Å². The SMILES string of the molecule is C.C.CC1(C)OB(B2OC(C)(C)C(C)(C)O2)OC1(C)C.CC1(C)OB(c2ccc3c4ccccc4n(-c4ccc5c(c4)C4(c6ccccc6-5)C5CC6CC(C5)CC4C6)c3c2)OC1(C)C.Clc1ccc2c3ccccc3n(-c3ccc4c(c3)C3(c5ccccc5-4)C4CC5CC(C4)CC3C5)c2c1. The van der Waals surface area contributed by atoms with Crippen LogP contribution in [0.5, 0.6) is 0 Å². The Morgan fingerprint density at radius 2 is 0.650 bits per heavy atom. The van der Waals surface area contributed by atoms with Gasteiger partial charge in [0, 0.05) is 48.8 Å². The van der Waals surface area contributed by atoms with Gasteiger partial charge in [0.2, 0.25) is 0 Å². The minimum atomic E-state index is -0.476. The van der Waals surface area contributed by atoms with Gasteiger partial charge >= 0.3 is 21.1 Å². The third-order valence-corrected chi connectivity index (χ3v) is 28.5. The van der Waals surface area contributed by atoms with Crippen LogP contribution in [0.25, 0.3) is 77.2 Å². The molecule has 3 aliphatic heterocycles. The Morgan fingerprint density at radius 1 is 0.320 bits per heavy atom. The summed E-state index contributed by atoms with van der Waals surface area (Å²) in [7, 11) is -1.34. The molecule has 514 valence electrons. The number of halogens is 1. The molecule has 8 saturated carbocycles. The fraction of sp³-hybridized carbons (Fsp3) is 0.455. The van der Waals surface area contributed by atoms with Gasteiger partial charge in [-0.25, -0.2) is 0 Å². The van der Waals surface area contributed by atoms with E-state index in [1.165, 1.54) is 141 Å². The number of rotatable bonds is 4. The second kappa shape index (κ2) is 22.8. The Labute approximate surface area is 599 Å². The van der Waals surface area contributed by atoms with Crippen LogP contribution in [-0.4, -0.2) is 63.9 Å². The number of fused-ring (bicyclic) bond motifs is 12. The van der Waals surface area contributed by atoms with Crippen molar-refractivity contribution in [2.45, 2.75) is 207 Å². The first-order valence-corrected chi connectivity index (χ1v) is 37.5. The fourth-order valence-electron chi connectivity index (χ4n) is 22.2. The van der Waals surface area contributed by atoms with Crippen molar-refractivity contribution in [3.8, 4) is 33.6 Å². The molecule has 8 aromatic carbocycles. The maximum absolute atomic E-state index is 6.55. The summed E-state index contributed by atoms with van der Waals surface area (Å²) < 4.78 is 41.8. The molecule has 5 heterocycles. The molecule has 11 fully saturated rings. The highest BCUT2D eigenvalue weighted by molar-refractivity contribution is 7.11. The summed E-state index contributed by atoms with van der Waals surface area (Å²) in [6, 6.07) is 64.4. The first-order chi connectivity index (χ1) is 46.8. The molecule has 100 heavy (non-hydrogen) atoms. The average molecular weight is 1350 g/mol. The van der Waals surface area contributed by atoms with Crippen molar-refractivity contribution in [3.05, 3.63) is 197 Å². The third-order valence-electron chi connectivity index (χ3n) is 28.2. The molecule has 3 saturated heterocycles. The minimum absolute atomic E-state index is 0. The Bertz CT molecular complexity index is 4820. The van der Waals surface area contributed by atoms with Crippen molar-refractivity contribution >= 4 is 81.8 Å². The third kappa shape index (κ3) is 9.42. The zero-order chi connectivity index (χ0) is 67.2. The molecule has 2 spiro atoms. The van der Waals surface area contributed by atoms with Crippen LogP contribution < -0.4 is 5.46 Å². The molecule has 0 atom stereocenters. The van der Waals surface area contributed by atoms with E-state index in [0.29, 0.717) is 0 Å². The summed E-state index contributed by atoms with van der Waals surface area (Å²) in [6.07, 6.45) is 14.2. The second-order valence-corrected chi connectivity index (χ2v) is 35.3. The molecule has 10 aliphatic carbocycles. The van der Waals surface area contributed by atoms with Crippen LogP contribution in [0.4, 0.5) is 0 Å². The van der Waals surface area contributed by atoms with Crippen LogP contribution in [0.1, 0.15) is 184 Å². The van der Waals surface area contributed by atoms with Crippen LogP contribution in [0.3, 0.4) is 0 Å². The van der Waals surface area contributed by atoms with E-state index < -0.39 is 14.0 Å². The predicted octanol–water partition coefficient (Wildman–Crippen LogP) is 21.5.